The van der Waals surface area contributed by atoms with Gasteiger partial charge in [-0.05, 0) is 26.8 Å². The maximum Gasteiger partial charge on any atom is 0.311 e. The van der Waals surface area contributed by atoms with Crippen LogP contribution in [0.1, 0.15) is 47.2 Å². The van der Waals surface area contributed by atoms with Crippen LogP contribution in [-0.2, 0) is 5.41 Å². The standard InChI is InChI=1S/C16H22N2O3/c1-15(2,3)14-8-10-7-12(18(19)20)13(9-11(10)17-14)21-16(4,5)6/h7-9,17H,1-6H3. The molecule has 2 rings (SSSR count). The van der Waals surface area contributed by atoms with Gasteiger partial charge < -0.3 is 9.72 Å². The second-order valence-corrected chi connectivity index (χ2v) is 7.31. The molecule has 1 aromatic heterocycles. The monoisotopic (exact) mass is 290 g/mol. The summed E-state index contributed by atoms with van der Waals surface area (Å²) in [4.78, 5) is 14.2. The molecule has 1 N–H and O–H groups in total. The van der Waals surface area contributed by atoms with Gasteiger partial charge in [-0.25, -0.2) is 0 Å². The van der Waals surface area contributed by atoms with E-state index in [4.69, 9.17) is 4.74 Å². The van der Waals surface area contributed by atoms with Crippen LogP contribution in [0.2, 0.25) is 0 Å². The first-order chi connectivity index (χ1) is 9.47. The van der Waals surface area contributed by atoms with Crippen molar-refractivity contribution in [3.05, 3.63) is 34.0 Å². The lowest BCUT2D eigenvalue weighted by atomic mass is 9.92. The van der Waals surface area contributed by atoms with Gasteiger partial charge in [0, 0.05) is 34.1 Å². The molecule has 0 atom stereocenters. The molecule has 0 bridgehead atoms. The highest BCUT2D eigenvalue weighted by molar-refractivity contribution is 5.85. The van der Waals surface area contributed by atoms with E-state index < -0.39 is 10.5 Å². The predicted octanol–water partition coefficient (Wildman–Crippen LogP) is 4.55. The molecule has 0 radical (unpaired) electrons. The number of ether oxygens (including phenoxy) is 1. The molecule has 0 saturated carbocycles. The van der Waals surface area contributed by atoms with E-state index >= 15 is 0 Å². The molecule has 5 nitrogen and oxygen atoms in total. The Morgan fingerprint density at radius 1 is 1.10 bits per heavy atom. The average molecular weight is 290 g/mol. The normalized spacial score (nSPS) is 12.7. The molecular weight excluding hydrogens is 268 g/mol. The van der Waals surface area contributed by atoms with E-state index in [2.05, 4.69) is 25.8 Å². The molecule has 0 fully saturated rings. The molecule has 1 heterocycles. The first-order valence-electron chi connectivity index (χ1n) is 6.98. The number of benzene rings is 1. The Labute approximate surface area is 124 Å². The minimum atomic E-state index is -0.488. The highest BCUT2D eigenvalue weighted by Crippen LogP contribution is 2.36. The van der Waals surface area contributed by atoms with Crippen LogP contribution in [-0.4, -0.2) is 15.5 Å². The number of nitrogens with zero attached hydrogens (tertiary/aromatic N) is 1. The first kappa shape index (κ1) is 15.4. The lowest BCUT2D eigenvalue weighted by Gasteiger charge is -2.21. The van der Waals surface area contributed by atoms with Crippen LogP contribution in [0.4, 0.5) is 5.69 Å². The molecule has 0 spiro atoms. The van der Waals surface area contributed by atoms with Gasteiger partial charge in [-0.3, -0.25) is 10.1 Å². The fourth-order valence-electron chi connectivity index (χ4n) is 2.11. The number of nitro benzene ring substituents is 1. The van der Waals surface area contributed by atoms with Crippen molar-refractivity contribution in [2.24, 2.45) is 0 Å². The Bertz CT molecular complexity index is 688. The van der Waals surface area contributed by atoms with Crippen molar-refractivity contribution in [3.8, 4) is 5.75 Å². The number of aromatic amines is 1. The number of rotatable bonds is 2. The molecule has 0 saturated heterocycles. The van der Waals surface area contributed by atoms with Gasteiger partial charge in [-0.2, -0.15) is 0 Å². The maximum absolute atomic E-state index is 11.3. The van der Waals surface area contributed by atoms with Crippen LogP contribution in [0.15, 0.2) is 18.2 Å². The van der Waals surface area contributed by atoms with E-state index in [1.807, 2.05) is 26.8 Å². The van der Waals surface area contributed by atoms with Gasteiger partial charge in [-0.1, -0.05) is 20.8 Å². The number of nitrogens with one attached hydrogen (secondary N) is 1. The largest absolute Gasteiger partial charge is 0.481 e. The van der Waals surface area contributed by atoms with Crippen LogP contribution < -0.4 is 4.74 Å². The summed E-state index contributed by atoms with van der Waals surface area (Å²) in [6.45, 7) is 11.9. The second-order valence-electron chi connectivity index (χ2n) is 7.31. The van der Waals surface area contributed by atoms with E-state index in [1.54, 1.807) is 12.1 Å². The molecule has 0 unspecified atom stereocenters. The Kier molecular flexibility index (Phi) is 3.48. The molecule has 2 aromatic rings. The zero-order chi connectivity index (χ0) is 16.0. The summed E-state index contributed by atoms with van der Waals surface area (Å²) < 4.78 is 5.74. The van der Waals surface area contributed by atoms with E-state index in [1.165, 1.54) is 0 Å². The molecule has 5 heteroatoms. The number of aromatic nitrogens is 1. The minimum absolute atomic E-state index is 0.00289. The van der Waals surface area contributed by atoms with Crippen LogP contribution in [0, 0.1) is 10.1 Å². The van der Waals surface area contributed by atoms with Gasteiger partial charge in [0.15, 0.2) is 5.75 Å². The summed E-state index contributed by atoms with van der Waals surface area (Å²) in [5, 5.41) is 12.1. The van der Waals surface area contributed by atoms with E-state index in [0.717, 1.165) is 16.6 Å². The van der Waals surface area contributed by atoms with Crippen molar-refractivity contribution in [1.29, 1.82) is 0 Å². The lowest BCUT2D eigenvalue weighted by Crippen LogP contribution is -2.23. The van der Waals surface area contributed by atoms with Crippen molar-refractivity contribution in [2.75, 3.05) is 0 Å². The molecule has 1 aromatic carbocycles. The third-order valence-corrected chi connectivity index (χ3v) is 3.12. The van der Waals surface area contributed by atoms with Gasteiger partial charge in [0.05, 0.1) is 4.92 Å². The van der Waals surface area contributed by atoms with Crippen molar-refractivity contribution in [3.63, 3.8) is 0 Å². The Balaban J connectivity index is 2.62. The van der Waals surface area contributed by atoms with Crippen LogP contribution in [0.25, 0.3) is 10.9 Å². The molecule has 0 amide bonds. The fraction of sp³-hybridized carbons (Fsp3) is 0.500. The quantitative estimate of drug-likeness (QED) is 0.651. The number of hydrogen-bond acceptors (Lipinski definition) is 3. The summed E-state index contributed by atoms with van der Waals surface area (Å²) in [5.41, 5.74) is 1.36. The predicted molar refractivity (Wildman–Crippen MR) is 84.0 cm³/mol. The van der Waals surface area contributed by atoms with E-state index in [-0.39, 0.29) is 11.1 Å². The SMILES string of the molecule is CC(C)(C)Oc1cc2[nH]c(C(C)(C)C)cc2cc1[N+](=O)[O-]. The molecule has 0 aliphatic heterocycles. The molecule has 0 aliphatic rings. The fourth-order valence-corrected chi connectivity index (χ4v) is 2.11. The average Bonchev–Trinajstić information content (AvgIpc) is 2.67. The third-order valence-electron chi connectivity index (χ3n) is 3.12. The molecule has 21 heavy (non-hydrogen) atoms. The van der Waals surface area contributed by atoms with Crippen molar-refractivity contribution < 1.29 is 9.66 Å². The topological polar surface area (TPSA) is 68.2 Å². The lowest BCUT2D eigenvalue weighted by molar-refractivity contribution is -0.386. The number of fused-ring (bicyclic) bond motifs is 1. The van der Waals surface area contributed by atoms with Crippen LogP contribution in [0.3, 0.4) is 0 Å². The maximum atomic E-state index is 11.3. The van der Waals surface area contributed by atoms with Gasteiger partial charge in [-0.15, -0.1) is 0 Å². The summed E-state index contributed by atoms with van der Waals surface area (Å²) in [5.74, 6) is 0.294. The summed E-state index contributed by atoms with van der Waals surface area (Å²) >= 11 is 0. The number of hydrogen-bond donors (Lipinski definition) is 1. The van der Waals surface area contributed by atoms with E-state index in [9.17, 15) is 10.1 Å². The van der Waals surface area contributed by atoms with Gasteiger partial charge in [0.2, 0.25) is 0 Å². The number of nitro groups is 1. The Morgan fingerprint density at radius 2 is 1.71 bits per heavy atom. The molecule has 0 aliphatic carbocycles. The Hall–Kier alpha value is -2.04. The molecular formula is C16H22N2O3. The Morgan fingerprint density at radius 3 is 2.19 bits per heavy atom. The second kappa shape index (κ2) is 4.76. The smallest absolute Gasteiger partial charge is 0.311 e. The van der Waals surface area contributed by atoms with Crippen LogP contribution >= 0.6 is 0 Å². The van der Waals surface area contributed by atoms with Gasteiger partial charge in [0.25, 0.3) is 0 Å². The zero-order valence-electron chi connectivity index (χ0n) is 13.4. The summed E-state index contributed by atoms with van der Waals surface area (Å²) in [7, 11) is 0. The van der Waals surface area contributed by atoms with E-state index in [0.29, 0.717) is 5.75 Å². The first-order valence-corrected chi connectivity index (χ1v) is 6.98. The highest BCUT2D eigenvalue weighted by Gasteiger charge is 2.24. The zero-order valence-corrected chi connectivity index (χ0v) is 13.4. The van der Waals surface area contributed by atoms with Gasteiger partial charge >= 0.3 is 5.69 Å². The summed E-state index contributed by atoms with van der Waals surface area (Å²) in [6, 6.07) is 5.25. The van der Waals surface area contributed by atoms with Crippen molar-refractivity contribution >= 4 is 16.6 Å². The number of H-pyrrole nitrogens is 1. The third kappa shape index (κ3) is 3.35. The highest BCUT2D eigenvalue weighted by atomic mass is 16.6. The van der Waals surface area contributed by atoms with Gasteiger partial charge in [0.1, 0.15) is 5.60 Å². The molecule has 114 valence electrons. The minimum Gasteiger partial charge on any atom is -0.481 e. The summed E-state index contributed by atoms with van der Waals surface area (Å²) in [6.07, 6.45) is 0. The van der Waals surface area contributed by atoms with Crippen molar-refractivity contribution in [1.82, 2.24) is 4.98 Å². The van der Waals surface area contributed by atoms with Crippen molar-refractivity contribution in [2.45, 2.75) is 52.6 Å². The van der Waals surface area contributed by atoms with Crippen LogP contribution in [0.5, 0.6) is 5.75 Å².